The predicted octanol–water partition coefficient (Wildman–Crippen LogP) is 2.59. The van der Waals surface area contributed by atoms with E-state index in [1.807, 2.05) is 32.0 Å². The lowest BCUT2D eigenvalue weighted by atomic mass is 10.1. The highest BCUT2D eigenvalue weighted by atomic mass is 32.2. The van der Waals surface area contributed by atoms with Crippen molar-refractivity contribution in [2.75, 3.05) is 6.54 Å². The van der Waals surface area contributed by atoms with E-state index in [0.717, 1.165) is 33.4 Å². The summed E-state index contributed by atoms with van der Waals surface area (Å²) in [6.07, 6.45) is 1.75. The quantitative estimate of drug-likeness (QED) is 0.687. The molecule has 1 aliphatic heterocycles. The summed E-state index contributed by atoms with van der Waals surface area (Å²) in [6.45, 7) is 3.58. The summed E-state index contributed by atoms with van der Waals surface area (Å²) in [5.41, 5.74) is 3.13. The second kappa shape index (κ2) is 5.76. The highest BCUT2D eigenvalue weighted by molar-refractivity contribution is 8.26. The molecule has 0 bridgehead atoms. The van der Waals surface area contributed by atoms with Gasteiger partial charge in [0, 0.05) is 0 Å². The van der Waals surface area contributed by atoms with Crippen molar-refractivity contribution in [3.8, 4) is 0 Å². The average molecular weight is 307 g/mol. The van der Waals surface area contributed by atoms with Gasteiger partial charge in [0.05, 0.1) is 4.91 Å². The number of carboxylic acids is 1. The molecular weight excluding hydrogens is 294 g/mol. The third-order valence-corrected chi connectivity index (χ3v) is 4.09. The van der Waals surface area contributed by atoms with Crippen LogP contribution in [0.3, 0.4) is 0 Å². The molecular formula is C14H13NO3S2. The molecule has 0 aliphatic carbocycles. The van der Waals surface area contributed by atoms with Gasteiger partial charge in [0.15, 0.2) is 0 Å². The zero-order chi connectivity index (χ0) is 14.9. The highest BCUT2D eigenvalue weighted by Gasteiger charge is 2.33. The Morgan fingerprint density at radius 3 is 2.50 bits per heavy atom. The fraction of sp³-hybridized carbons (Fsp3) is 0.214. The first kappa shape index (κ1) is 14.7. The number of carbonyl (C=O) groups is 2. The van der Waals surface area contributed by atoms with Crippen LogP contribution in [-0.4, -0.2) is 32.7 Å². The molecule has 2 rings (SSSR count). The van der Waals surface area contributed by atoms with Gasteiger partial charge in [0.25, 0.3) is 5.91 Å². The van der Waals surface area contributed by atoms with Crippen LogP contribution < -0.4 is 0 Å². The van der Waals surface area contributed by atoms with Crippen LogP contribution in [0.15, 0.2) is 23.1 Å². The van der Waals surface area contributed by atoms with E-state index in [-0.39, 0.29) is 10.2 Å². The van der Waals surface area contributed by atoms with Gasteiger partial charge in [-0.3, -0.25) is 14.5 Å². The smallest absolute Gasteiger partial charge is 0.323 e. The number of nitrogens with zero attached hydrogens (tertiary/aromatic N) is 1. The van der Waals surface area contributed by atoms with Crippen LogP contribution in [-0.2, 0) is 9.59 Å². The number of carboxylic acid groups (broad SMARTS) is 1. The number of aryl methyl sites for hydroxylation is 2. The van der Waals surface area contributed by atoms with Crippen LogP contribution in [0, 0.1) is 13.8 Å². The van der Waals surface area contributed by atoms with Crippen LogP contribution in [0.25, 0.3) is 6.08 Å². The summed E-state index contributed by atoms with van der Waals surface area (Å²) in [5.74, 6) is -1.42. The Morgan fingerprint density at radius 2 is 1.95 bits per heavy atom. The monoisotopic (exact) mass is 307 g/mol. The number of aliphatic carboxylic acids is 1. The van der Waals surface area contributed by atoms with Crippen molar-refractivity contribution >= 4 is 46.3 Å². The zero-order valence-electron chi connectivity index (χ0n) is 11.0. The van der Waals surface area contributed by atoms with Gasteiger partial charge in [-0.25, -0.2) is 0 Å². The Morgan fingerprint density at radius 1 is 1.35 bits per heavy atom. The van der Waals surface area contributed by atoms with Crippen molar-refractivity contribution < 1.29 is 14.7 Å². The van der Waals surface area contributed by atoms with E-state index in [2.05, 4.69) is 0 Å². The molecule has 0 saturated carbocycles. The van der Waals surface area contributed by atoms with Crippen molar-refractivity contribution in [2.24, 2.45) is 0 Å². The Balaban J connectivity index is 2.29. The SMILES string of the molecule is Cc1cc(C)cc(/C=C2\SC(=S)N(CC(=O)O)C2=O)c1. The van der Waals surface area contributed by atoms with E-state index in [1.54, 1.807) is 6.08 Å². The van der Waals surface area contributed by atoms with Crippen molar-refractivity contribution in [3.63, 3.8) is 0 Å². The lowest BCUT2D eigenvalue weighted by Gasteiger charge is -2.10. The lowest BCUT2D eigenvalue weighted by Crippen LogP contribution is -2.33. The summed E-state index contributed by atoms with van der Waals surface area (Å²) >= 11 is 6.18. The van der Waals surface area contributed by atoms with E-state index in [1.165, 1.54) is 0 Å². The van der Waals surface area contributed by atoms with Gasteiger partial charge >= 0.3 is 5.97 Å². The van der Waals surface area contributed by atoms with Crippen LogP contribution in [0.2, 0.25) is 0 Å². The van der Waals surface area contributed by atoms with Gasteiger partial charge in [-0.1, -0.05) is 53.3 Å². The van der Waals surface area contributed by atoms with E-state index in [9.17, 15) is 9.59 Å². The van der Waals surface area contributed by atoms with Crippen LogP contribution in [0.1, 0.15) is 16.7 Å². The second-order valence-electron chi connectivity index (χ2n) is 4.58. The molecule has 1 aromatic rings. The first-order valence-electron chi connectivity index (χ1n) is 5.92. The molecule has 1 amide bonds. The van der Waals surface area contributed by atoms with Gasteiger partial charge in [-0.15, -0.1) is 0 Å². The largest absolute Gasteiger partial charge is 0.480 e. The maximum absolute atomic E-state index is 12.1. The van der Waals surface area contributed by atoms with Crippen LogP contribution in [0.5, 0.6) is 0 Å². The van der Waals surface area contributed by atoms with Crippen molar-refractivity contribution in [1.29, 1.82) is 0 Å². The number of benzene rings is 1. The van der Waals surface area contributed by atoms with Gasteiger partial charge in [-0.2, -0.15) is 0 Å². The van der Waals surface area contributed by atoms with Crippen LogP contribution in [0.4, 0.5) is 0 Å². The minimum atomic E-state index is -1.08. The maximum Gasteiger partial charge on any atom is 0.323 e. The molecule has 0 spiro atoms. The Kier molecular flexibility index (Phi) is 4.25. The molecule has 0 atom stereocenters. The van der Waals surface area contributed by atoms with Crippen molar-refractivity contribution in [1.82, 2.24) is 4.90 Å². The highest BCUT2D eigenvalue weighted by Crippen LogP contribution is 2.32. The second-order valence-corrected chi connectivity index (χ2v) is 6.26. The number of thioether (sulfide) groups is 1. The molecule has 20 heavy (non-hydrogen) atoms. The minimum absolute atomic E-state index is 0.285. The third kappa shape index (κ3) is 3.26. The number of thiocarbonyl (C=S) groups is 1. The fourth-order valence-corrected chi connectivity index (χ4v) is 3.27. The zero-order valence-corrected chi connectivity index (χ0v) is 12.7. The Bertz CT molecular complexity index is 617. The predicted molar refractivity (Wildman–Crippen MR) is 83.4 cm³/mol. The molecule has 0 radical (unpaired) electrons. The van der Waals surface area contributed by atoms with E-state index in [0.29, 0.717) is 4.91 Å². The number of rotatable bonds is 3. The summed E-state index contributed by atoms with van der Waals surface area (Å²) in [6, 6.07) is 5.99. The van der Waals surface area contributed by atoms with Gasteiger partial charge in [0.2, 0.25) is 0 Å². The summed E-state index contributed by atoms with van der Waals surface area (Å²) in [4.78, 5) is 24.4. The molecule has 1 heterocycles. The maximum atomic E-state index is 12.1. The Labute approximate surface area is 126 Å². The van der Waals surface area contributed by atoms with Crippen molar-refractivity contribution in [2.45, 2.75) is 13.8 Å². The fourth-order valence-electron chi connectivity index (χ4n) is 2.02. The van der Waals surface area contributed by atoms with Crippen LogP contribution >= 0.6 is 24.0 Å². The number of carbonyl (C=O) groups excluding carboxylic acids is 1. The summed E-state index contributed by atoms with van der Waals surface area (Å²) in [7, 11) is 0. The molecule has 0 aromatic heterocycles. The third-order valence-electron chi connectivity index (χ3n) is 2.71. The van der Waals surface area contributed by atoms with Gasteiger partial charge in [-0.05, 0) is 25.5 Å². The summed E-state index contributed by atoms with van der Waals surface area (Å²) < 4.78 is 0.285. The molecule has 0 unspecified atom stereocenters. The minimum Gasteiger partial charge on any atom is -0.480 e. The molecule has 1 saturated heterocycles. The topological polar surface area (TPSA) is 57.6 Å². The number of hydrogen-bond acceptors (Lipinski definition) is 4. The molecule has 1 aromatic carbocycles. The molecule has 4 nitrogen and oxygen atoms in total. The average Bonchev–Trinajstić information content (AvgIpc) is 2.55. The normalized spacial score (nSPS) is 17.1. The first-order chi connectivity index (χ1) is 9.36. The molecule has 6 heteroatoms. The molecule has 104 valence electrons. The standard InChI is InChI=1S/C14H13NO3S2/c1-8-3-9(2)5-10(4-8)6-11-13(18)15(7-12(16)17)14(19)20-11/h3-6H,7H2,1-2H3,(H,16,17)/b11-6-. The Hall–Kier alpha value is -1.66. The van der Waals surface area contributed by atoms with Gasteiger partial charge < -0.3 is 5.11 Å². The number of hydrogen-bond donors (Lipinski definition) is 1. The molecule has 1 fully saturated rings. The lowest BCUT2D eigenvalue weighted by molar-refractivity contribution is -0.140. The molecule has 1 N–H and O–H groups in total. The summed E-state index contributed by atoms with van der Waals surface area (Å²) in [5, 5.41) is 8.78. The van der Waals surface area contributed by atoms with E-state index >= 15 is 0 Å². The first-order valence-corrected chi connectivity index (χ1v) is 7.15. The van der Waals surface area contributed by atoms with Gasteiger partial charge in [0.1, 0.15) is 10.9 Å². The van der Waals surface area contributed by atoms with E-state index in [4.69, 9.17) is 17.3 Å². The van der Waals surface area contributed by atoms with Crippen molar-refractivity contribution in [3.05, 3.63) is 39.8 Å². The van der Waals surface area contributed by atoms with E-state index < -0.39 is 12.5 Å². The number of amides is 1. The molecule has 1 aliphatic rings.